The third-order valence-corrected chi connectivity index (χ3v) is 3.06. The minimum absolute atomic E-state index is 0.175. The number of nitrogens with zero attached hydrogens (tertiary/aromatic N) is 6. The molecule has 0 bridgehead atoms. The summed E-state index contributed by atoms with van der Waals surface area (Å²) in [7, 11) is 0. The third-order valence-electron chi connectivity index (χ3n) is 3.06. The molecule has 16 nitrogen and oxygen atoms in total. The van der Waals surface area contributed by atoms with Crippen molar-refractivity contribution in [3.63, 3.8) is 0 Å². The Morgan fingerprint density at radius 3 is 1.71 bits per heavy atom. The highest BCUT2D eigenvalue weighted by molar-refractivity contribution is 6.29. The van der Waals surface area contributed by atoms with Crippen LogP contribution in [0.3, 0.4) is 0 Å². The van der Waals surface area contributed by atoms with Gasteiger partial charge in [-0.05, 0) is 19.0 Å². The average molecular weight is 438 g/mol. The molecule has 0 saturated carbocycles. The summed E-state index contributed by atoms with van der Waals surface area (Å²) >= 11 is 0. The second kappa shape index (κ2) is 9.45. The van der Waals surface area contributed by atoms with Crippen molar-refractivity contribution in [2.75, 3.05) is 10.9 Å². The highest BCUT2D eigenvalue weighted by Crippen LogP contribution is 2.29. The van der Waals surface area contributed by atoms with E-state index in [1.54, 1.807) is 0 Å². The van der Waals surface area contributed by atoms with Crippen molar-refractivity contribution in [1.82, 2.24) is 0 Å². The summed E-state index contributed by atoms with van der Waals surface area (Å²) in [5, 5.41) is 51.9. The van der Waals surface area contributed by atoms with Gasteiger partial charge in [0.1, 0.15) is 11.4 Å². The first-order valence-electron chi connectivity index (χ1n) is 10.6. The van der Waals surface area contributed by atoms with Gasteiger partial charge in [0.15, 0.2) is 0 Å². The molecule has 0 spiro atoms. The van der Waals surface area contributed by atoms with E-state index in [1.165, 1.54) is 6.92 Å². The van der Waals surface area contributed by atoms with E-state index < -0.39 is 90.1 Å². The third kappa shape index (κ3) is 5.73. The normalized spacial score (nSPS) is 13.9. The first kappa shape index (κ1) is 14.9. The lowest BCUT2D eigenvalue weighted by Gasteiger charge is -2.03. The van der Waals surface area contributed by atoms with Gasteiger partial charge in [-0.25, -0.2) is 0 Å². The van der Waals surface area contributed by atoms with Crippen LogP contribution >= 0.6 is 0 Å². The lowest BCUT2D eigenvalue weighted by atomic mass is 10.2. The standard InChI is InChI=1S/C15H12N8O8/c1-9(17-19-13-5-3-11(21(26)27)7-15(13)23(30)31)8-16-18-12-4-2-10(20(24)25)6-14(12)22(28)29/h2-8,18-19H,1H3/i2D,3D,4D,5D,6D,7D. The topological polar surface area (TPSA) is 221 Å². The summed E-state index contributed by atoms with van der Waals surface area (Å²) in [5.41, 5.74) is -2.69. The van der Waals surface area contributed by atoms with E-state index in [1.807, 2.05) is 10.9 Å². The van der Waals surface area contributed by atoms with Gasteiger partial charge in [0.05, 0.1) is 51.9 Å². The number of hydrogen-bond donors (Lipinski definition) is 2. The van der Waals surface area contributed by atoms with Gasteiger partial charge in [-0.1, -0.05) is 0 Å². The highest BCUT2D eigenvalue weighted by Gasteiger charge is 2.20. The summed E-state index contributed by atoms with van der Waals surface area (Å²) in [4.78, 5) is 39.9. The predicted octanol–water partition coefficient (Wildman–Crippen LogP) is 3.21. The Labute approximate surface area is 179 Å². The summed E-state index contributed by atoms with van der Waals surface area (Å²) in [6.07, 6.45) is 0.814. The fourth-order valence-corrected chi connectivity index (χ4v) is 1.76. The molecule has 16 heteroatoms. The largest absolute Gasteiger partial charge is 0.301 e. The van der Waals surface area contributed by atoms with E-state index in [2.05, 4.69) is 10.2 Å². The number of rotatable bonds is 9. The van der Waals surface area contributed by atoms with Crippen molar-refractivity contribution in [2.45, 2.75) is 6.92 Å². The number of hydrogen-bond acceptors (Lipinski definition) is 12. The van der Waals surface area contributed by atoms with Gasteiger partial charge in [0.2, 0.25) is 0 Å². The molecule has 0 unspecified atom stereocenters. The first-order chi connectivity index (χ1) is 17.1. The van der Waals surface area contributed by atoms with E-state index >= 15 is 0 Å². The van der Waals surface area contributed by atoms with Gasteiger partial charge in [0, 0.05) is 12.1 Å². The van der Waals surface area contributed by atoms with Crippen LogP contribution in [0, 0.1) is 40.5 Å². The Morgan fingerprint density at radius 1 is 0.839 bits per heavy atom. The van der Waals surface area contributed by atoms with Gasteiger partial charge in [-0.3, -0.25) is 51.3 Å². The van der Waals surface area contributed by atoms with E-state index in [-0.39, 0.29) is 5.71 Å². The van der Waals surface area contributed by atoms with Gasteiger partial charge < -0.3 is 0 Å². The van der Waals surface area contributed by atoms with Crippen molar-refractivity contribution in [3.8, 4) is 0 Å². The lowest BCUT2D eigenvalue weighted by Crippen LogP contribution is -2.04. The maximum atomic E-state index is 11.3. The molecule has 0 aromatic heterocycles. The van der Waals surface area contributed by atoms with Crippen LogP contribution in [0.2, 0.25) is 0 Å². The van der Waals surface area contributed by atoms with Crippen LogP contribution in [-0.4, -0.2) is 31.6 Å². The lowest BCUT2D eigenvalue weighted by molar-refractivity contribution is -0.393. The zero-order valence-corrected chi connectivity index (χ0v) is 15.0. The van der Waals surface area contributed by atoms with E-state index in [0.29, 0.717) is 0 Å². The molecule has 160 valence electrons. The fraction of sp³-hybridized carbons (Fsp3) is 0.0667. The Kier molecular flexibility index (Phi) is 4.55. The number of nitro benzene ring substituents is 4. The van der Waals surface area contributed by atoms with E-state index in [0.717, 1.165) is 6.21 Å². The van der Waals surface area contributed by atoms with E-state index in [9.17, 15) is 40.5 Å². The Balaban J connectivity index is 2.45. The van der Waals surface area contributed by atoms with Crippen molar-refractivity contribution in [1.29, 1.82) is 0 Å². The van der Waals surface area contributed by atoms with Crippen molar-refractivity contribution >= 4 is 46.1 Å². The van der Waals surface area contributed by atoms with Crippen molar-refractivity contribution in [2.24, 2.45) is 10.2 Å². The summed E-state index contributed by atoms with van der Waals surface area (Å²) in [5.74, 6) is 0. The molecule has 2 aromatic carbocycles. The fourth-order valence-electron chi connectivity index (χ4n) is 1.76. The summed E-state index contributed by atoms with van der Waals surface area (Å²) < 4.78 is 46.2. The number of anilines is 2. The second-order valence-electron chi connectivity index (χ2n) is 5.16. The van der Waals surface area contributed by atoms with Gasteiger partial charge in [-0.15, -0.1) is 0 Å². The van der Waals surface area contributed by atoms with Crippen LogP contribution in [0.15, 0.2) is 46.5 Å². The molecule has 0 aliphatic carbocycles. The molecule has 0 radical (unpaired) electrons. The van der Waals surface area contributed by atoms with Crippen LogP contribution in [0.4, 0.5) is 34.1 Å². The molecular formula is C15H12N8O8. The Bertz CT molecular complexity index is 1430. The van der Waals surface area contributed by atoms with Gasteiger partial charge in [0.25, 0.3) is 11.4 Å². The second-order valence-corrected chi connectivity index (χ2v) is 5.16. The molecule has 31 heavy (non-hydrogen) atoms. The van der Waals surface area contributed by atoms with E-state index in [4.69, 9.17) is 8.22 Å². The van der Waals surface area contributed by atoms with Crippen LogP contribution in [0.1, 0.15) is 15.1 Å². The quantitative estimate of drug-likeness (QED) is 0.330. The molecular weight excluding hydrogens is 420 g/mol. The van der Waals surface area contributed by atoms with Crippen LogP contribution < -0.4 is 10.9 Å². The van der Waals surface area contributed by atoms with Crippen LogP contribution in [-0.2, 0) is 0 Å². The molecule has 0 amide bonds. The van der Waals surface area contributed by atoms with Gasteiger partial charge >= 0.3 is 11.4 Å². The Morgan fingerprint density at radius 2 is 1.29 bits per heavy atom. The zero-order valence-electron chi connectivity index (χ0n) is 21.0. The van der Waals surface area contributed by atoms with Gasteiger partial charge in [-0.2, -0.15) is 10.2 Å². The molecule has 2 N–H and O–H groups in total. The number of benzene rings is 2. The van der Waals surface area contributed by atoms with Crippen LogP contribution in [0.5, 0.6) is 0 Å². The van der Waals surface area contributed by atoms with Crippen molar-refractivity contribution in [3.05, 3.63) is 76.7 Å². The Hall–Kier alpha value is -5.02. The monoisotopic (exact) mass is 438 g/mol. The molecule has 2 aromatic rings. The molecule has 2 rings (SSSR count). The maximum Gasteiger partial charge on any atom is 0.301 e. The minimum atomic E-state index is -1.26. The zero-order chi connectivity index (χ0) is 28.4. The number of hydrazone groups is 2. The first-order valence-corrected chi connectivity index (χ1v) is 7.57. The molecule has 0 saturated heterocycles. The SMILES string of the molecule is [2H]c1c([2H])c([N+](=O)[O-])c([2H])c([N+](=O)[O-])c1NN=CC(C)=NNc1c([2H])c([2H])c([N+](=O)[O-])c([2H])c1[N+](=O)[O-]. The summed E-state index contributed by atoms with van der Waals surface area (Å²) in [6, 6.07) is -6.68. The number of nitro groups is 4. The van der Waals surface area contributed by atoms with Crippen LogP contribution in [0.25, 0.3) is 0 Å². The minimum Gasteiger partial charge on any atom is -0.272 e. The predicted molar refractivity (Wildman–Crippen MR) is 108 cm³/mol. The molecule has 0 fully saturated rings. The molecule has 0 aliphatic rings. The number of nitrogens with one attached hydrogen (secondary N) is 2. The van der Waals surface area contributed by atoms with Crippen molar-refractivity contribution < 1.29 is 27.9 Å². The summed E-state index contributed by atoms with van der Waals surface area (Å²) in [6.45, 7) is 1.21. The smallest absolute Gasteiger partial charge is 0.272 e. The maximum absolute atomic E-state index is 11.3. The molecule has 0 atom stereocenters. The molecule has 0 heterocycles. The molecule has 0 aliphatic heterocycles. The average Bonchev–Trinajstić information content (AvgIpc) is 2.77. The highest BCUT2D eigenvalue weighted by atomic mass is 16.6.